The first kappa shape index (κ1) is 14.9. The van der Waals surface area contributed by atoms with Gasteiger partial charge in [-0.15, -0.1) is 0 Å². The van der Waals surface area contributed by atoms with Crippen LogP contribution >= 0.6 is 0 Å². The van der Waals surface area contributed by atoms with Crippen LogP contribution in [0.2, 0.25) is 0 Å². The van der Waals surface area contributed by atoms with E-state index < -0.39 is 10.0 Å². The standard InChI is InChI=1S/C11H24N2O3S/c1-11(4-6-13(2)7-5-11)10-12-17(15,16)9-3-8-14/h12,14H,3-10H2,1-2H3. The molecule has 0 amide bonds. The third-order valence-electron chi connectivity index (χ3n) is 3.48. The van der Waals surface area contributed by atoms with Gasteiger partial charge >= 0.3 is 0 Å². The molecule has 0 aromatic heterocycles. The first-order valence-electron chi connectivity index (χ1n) is 6.14. The Bertz CT molecular complexity index is 322. The molecule has 1 heterocycles. The highest BCUT2D eigenvalue weighted by Gasteiger charge is 2.29. The first-order valence-corrected chi connectivity index (χ1v) is 7.79. The van der Waals surface area contributed by atoms with Gasteiger partial charge in [0.25, 0.3) is 0 Å². The molecule has 102 valence electrons. The summed E-state index contributed by atoms with van der Waals surface area (Å²) in [5, 5.41) is 8.63. The van der Waals surface area contributed by atoms with Crippen LogP contribution < -0.4 is 4.72 Å². The first-order chi connectivity index (χ1) is 7.87. The normalized spacial score (nSPS) is 21.6. The quantitative estimate of drug-likeness (QED) is 0.709. The minimum atomic E-state index is -3.22. The average Bonchev–Trinajstić information content (AvgIpc) is 2.29. The highest BCUT2D eigenvalue weighted by Crippen LogP contribution is 2.29. The summed E-state index contributed by atoms with van der Waals surface area (Å²) >= 11 is 0. The van der Waals surface area contributed by atoms with Crippen LogP contribution in [0.15, 0.2) is 0 Å². The molecule has 0 atom stereocenters. The van der Waals surface area contributed by atoms with Crippen molar-refractivity contribution in [2.24, 2.45) is 5.41 Å². The van der Waals surface area contributed by atoms with Crippen LogP contribution in [-0.4, -0.2) is 57.5 Å². The predicted molar refractivity (Wildman–Crippen MR) is 68.3 cm³/mol. The monoisotopic (exact) mass is 264 g/mol. The molecule has 0 saturated carbocycles. The molecular formula is C11H24N2O3S. The molecule has 0 aromatic rings. The lowest BCUT2D eigenvalue weighted by atomic mass is 9.81. The van der Waals surface area contributed by atoms with Crippen molar-refractivity contribution in [1.82, 2.24) is 9.62 Å². The Morgan fingerprint density at radius 1 is 1.35 bits per heavy atom. The molecule has 1 fully saturated rings. The minimum absolute atomic E-state index is 0.0134. The van der Waals surface area contributed by atoms with E-state index in [2.05, 4.69) is 23.6 Å². The number of sulfonamides is 1. The van der Waals surface area contributed by atoms with Crippen LogP contribution in [0.3, 0.4) is 0 Å². The van der Waals surface area contributed by atoms with Gasteiger partial charge in [0, 0.05) is 13.2 Å². The molecule has 1 rings (SSSR count). The lowest BCUT2D eigenvalue weighted by molar-refractivity contribution is 0.143. The Labute approximate surface area is 104 Å². The van der Waals surface area contributed by atoms with E-state index in [1.165, 1.54) is 0 Å². The molecule has 0 unspecified atom stereocenters. The molecule has 6 heteroatoms. The van der Waals surface area contributed by atoms with E-state index in [0.717, 1.165) is 25.9 Å². The van der Waals surface area contributed by atoms with Gasteiger partial charge in [-0.05, 0) is 44.8 Å². The van der Waals surface area contributed by atoms with Crippen molar-refractivity contribution in [3.63, 3.8) is 0 Å². The van der Waals surface area contributed by atoms with Crippen LogP contribution in [0.5, 0.6) is 0 Å². The van der Waals surface area contributed by atoms with Crippen molar-refractivity contribution in [3.05, 3.63) is 0 Å². The van der Waals surface area contributed by atoms with Crippen molar-refractivity contribution in [1.29, 1.82) is 0 Å². The lowest BCUT2D eigenvalue weighted by Gasteiger charge is -2.37. The second-order valence-corrected chi connectivity index (χ2v) is 7.26. The molecule has 1 aliphatic heterocycles. The maximum atomic E-state index is 11.6. The molecule has 0 aliphatic carbocycles. The van der Waals surface area contributed by atoms with Gasteiger partial charge in [-0.25, -0.2) is 13.1 Å². The summed E-state index contributed by atoms with van der Waals surface area (Å²) in [5.41, 5.74) is 0.0682. The molecule has 0 aromatic carbocycles. The number of likely N-dealkylation sites (tertiary alicyclic amines) is 1. The Morgan fingerprint density at radius 3 is 2.47 bits per heavy atom. The van der Waals surface area contributed by atoms with Gasteiger partial charge < -0.3 is 10.0 Å². The predicted octanol–water partition coefficient (Wildman–Crippen LogP) is 0.0201. The van der Waals surface area contributed by atoms with Gasteiger partial charge in [-0.3, -0.25) is 0 Å². The Balaban J connectivity index is 2.39. The van der Waals surface area contributed by atoms with Crippen LogP contribution in [0, 0.1) is 5.41 Å². The average molecular weight is 264 g/mol. The summed E-state index contributed by atoms with van der Waals surface area (Å²) in [6, 6.07) is 0. The largest absolute Gasteiger partial charge is 0.396 e. The maximum Gasteiger partial charge on any atom is 0.211 e. The highest BCUT2D eigenvalue weighted by molar-refractivity contribution is 7.89. The number of nitrogens with zero attached hydrogens (tertiary/aromatic N) is 1. The fourth-order valence-corrected chi connectivity index (χ4v) is 3.17. The molecule has 0 bridgehead atoms. The summed E-state index contributed by atoms with van der Waals surface area (Å²) in [7, 11) is -1.13. The van der Waals surface area contributed by atoms with E-state index in [1.807, 2.05) is 0 Å². The summed E-state index contributed by atoms with van der Waals surface area (Å²) in [5.74, 6) is 0.0134. The van der Waals surface area contributed by atoms with Gasteiger partial charge in [0.05, 0.1) is 5.75 Å². The van der Waals surface area contributed by atoms with Crippen molar-refractivity contribution < 1.29 is 13.5 Å². The topological polar surface area (TPSA) is 69.6 Å². The number of hydrogen-bond donors (Lipinski definition) is 2. The summed E-state index contributed by atoms with van der Waals surface area (Å²) in [6.45, 7) is 4.61. The van der Waals surface area contributed by atoms with E-state index in [0.29, 0.717) is 13.0 Å². The highest BCUT2D eigenvalue weighted by atomic mass is 32.2. The maximum absolute atomic E-state index is 11.6. The fourth-order valence-electron chi connectivity index (χ4n) is 1.95. The number of aliphatic hydroxyl groups is 1. The van der Waals surface area contributed by atoms with Crippen molar-refractivity contribution in [2.75, 3.05) is 39.0 Å². The second-order valence-electron chi connectivity index (χ2n) is 5.33. The fraction of sp³-hybridized carbons (Fsp3) is 1.00. The Kier molecular flexibility index (Phi) is 5.37. The zero-order valence-electron chi connectivity index (χ0n) is 10.8. The molecule has 1 saturated heterocycles. The van der Waals surface area contributed by atoms with E-state index in [4.69, 9.17) is 5.11 Å². The van der Waals surface area contributed by atoms with Gasteiger partial charge in [0.2, 0.25) is 10.0 Å². The number of hydrogen-bond acceptors (Lipinski definition) is 4. The molecule has 5 nitrogen and oxygen atoms in total. The number of piperidine rings is 1. The van der Waals surface area contributed by atoms with Gasteiger partial charge in [0.1, 0.15) is 0 Å². The van der Waals surface area contributed by atoms with Crippen LogP contribution in [-0.2, 0) is 10.0 Å². The smallest absolute Gasteiger partial charge is 0.211 e. The second kappa shape index (κ2) is 6.13. The van der Waals surface area contributed by atoms with E-state index >= 15 is 0 Å². The number of rotatable bonds is 6. The molecule has 0 spiro atoms. The molecular weight excluding hydrogens is 240 g/mol. The third-order valence-corrected chi connectivity index (χ3v) is 4.89. The zero-order chi connectivity index (χ0) is 12.9. The van der Waals surface area contributed by atoms with Gasteiger partial charge in [0.15, 0.2) is 0 Å². The molecule has 17 heavy (non-hydrogen) atoms. The van der Waals surface area contributed by atoms with E-state index in [1.54, 1.807) is 0 Å². The van der Waals surface area contributed by atoms with Crippen LogP contribution in [0.25, 0.3) is 0 Å². The van der Waals surface area contributed by atoms with E-state index in [9.17, 15) is 8.42 Å². The Hall–Kier alpha value is -0.170. The van der Waals surface area contributed by atoms with Gasteiger partial charge in [-0.2, -0.15) is 0 Å². The van der Waals surface area contributed by atoms with Crippen LogP contribution in [0.1, 0.15) is 26.2 Å². The lowest BCUT2D eigenvalue weighted by Crippen LogP contribution is -2.43. The van der Waals surface area contributed by atoms with Crippen molar-refractivity contribution >= 4 is 10.0 Å². The number of aliphatic hydroxyl groups excluding tert-OH is 1. The van der Waals surface area contributed by atoms with Crippen molar-refractivity contribution in [2.45, 2.75) is 26.2 Å². The summed E-state index contributed by atoms with van der Waals surface area (Å²) in [6.07, 6.45) is 2.34. The molecule has 2 N–H and O–H groups in total. The van der Waals surface area contributed by atoms with Crippen LogP contribution in [0.4, 0.5) is 0 Å². The van der Waals surface area contributed by atoms with Gasteiger partial charge in [-0.1, -0.05) is 6.92 Å². The van der Waals surface area contributed by atoms with E-state index in [-0.39, 0.29) is 17.8 Å². The van der Waals surface area contributed by atoms with Crippen molar-refractivity contribution in [3.8, 4) is 0 Å². The summed E-state index contributed by atoms with van der Waals surface area (Å²) < 4.78 is 25.9. The zero-order valence-corrected chi connectivity index (χ0v) is 11.6. The molecule has 0 radical (unpaired) electrons. The SMILES string of the molecule is CN1CCC(C)(CNS(=O)(=O)CCCO)CC1. The third kappa shape index (κ3) is 5.33. The Morgan fingerprint density at radius 2 is 1.94 bits per heavy atom. The summed E-state index contributed by atoms with van der Waals surface area (Å²) in [4.78, 5) is 2.27. The number of nitrogens with one attached hydrogen (secondary N) is 1. The minimum Gasteiger partial charge on any atom is -0.396 e. The molecule has 1 aliphatic rings.